The first-order chi connectivity index (χ1) is 15.6. The number of ketones is 1. The van der Waals surface area contributed by atoms with E-state index in [0.29, 0.717) is 29.7 Å². The molecular weight excluding hydrogens is 460 g/mol. The number of nitrogens with zero attached hydrogens (tertiary/aromatic N) is 2. The summed E-state index contributed by atoms with van der Waals surface area (Å²) in [5.41, 5.74) is 0.401. The van der Waals surface area contributed by atoms with E-state index in [1.165, 1.54) is 24.3 Å². The normalized spacial score (nSPS) is 12.2. The second-order valence-corrected chi connectivity index (χ2v) is 9.27. The third-order valence-corrected chi connectivity index (χ3v) is 6.91. The first-order valence-electron chi connectivity index (χ1n) is 9.72. The van der Waals surface area contributed by atoms with Crippen molar-refractivity contribution in [1.82, 2.24) is 9.38 Å². The van der Waals surface area contributed by atoms with Gasteiger partial charge in [-0.1, -0.05) is 12.1 Å². The zero-order chi connectivity index (χ0) is 23.8. The minimum absolute atomic E-state index is 0.0949. The van der Waals surface area contributed by atoms with Gasteiger partial charge in [-0.15, -0.1) is 0 Å². The fourth-order valence-electron chi connectivity index (χ4n) is 3.35. The number of hydrogen-bond acceptors (Lipinski definition) is 4. The number of benzene rings is 2. The van der Waals surface area contributed by atoms with Crippen LogP contribution in [0.5, 0.6) is 0 Å². The molecule has 0 bridgehead atoms. The predicted octanol–water partition coefficient (Wildman–Crippen LogP) is 5.14. The predicted molar refractivity (Wildman–Crippen MR) is 111 cm³/mol. The van der Waals surface area contributed by atoms with Gasteiger partial charge in [0, 0.05) is 30.6 Å². The molecule has 10 heteroatoms. The summed E-state index contributed by atoms with van der Waals surface area (Å²) in [5.74, 6) is -1.75. The number of aryl methyl sites for hydroxylation is 1. The lowest BCUT2D eigenvalue weighted by Crippen LogP contribution is -2.10. The summed E-state index contributed by atoms with van der Waals surface area (Å²) in [6.45, 7) is 0. The largest absolute Gasteiger partial charge is 0.419 e. The monoisotopic (exact) mass is 476 g/mol. The van der Waals surface area contributed by atoms with E-state index >= 15 is 0 Å². The first-order valence-corrected chi connectivity index (χ1v) is 11.2. The van der Waals surface area contributed by atoms with Crippen LogP contribution in [0.2, 0.25) is 0 Å². The van der Waals surface area contributed by atoms with E-state index in [1.807, 2.05) is 0 Å². The van der Waals surface area contributed by atoms with E-state index in [-0.39, 0.29) is 17.1 Å². The average molecular weight is 476 g/mol. The van der Waals surface area contributed by atoms with Crippen LogP contribution < -0.4 is 0 Å². The molecule has 33 heavy (non-hydrogen) atoms. The maximum atomic E-state index is 13.8. The maximum absolute atomic E-state index is 13.8. The molecule has 0 saturated heterocycles. The molecule has 0 aliphatic heterocycles. The summed E-state index contributed by atoms with van der Waals surface area (Å²) in [7, 11) is -4.21. The van der Waals surface area contributed by atoms with Crippen LogP contribution in [0.25, 0.3) is 5.65 Å². The van der Waals surface area contributed by atoms with E-state index in [1.54, 1.807) is 35.1 Å². The van der Waals surface area contributed by atoms with Crippen LogP contribution in [-0.2, 0) is 22.4 Å². The molecule has 0 spiro atoms. The summed E-state index contributed by atoms with van der Waals surface area (Å²) < 4.78 is 79.1. The van der Waals surface area contributed by atoms with Gasteiger partial charge < -0.3 is 4.40 Å². The molecule has 2 aromatic carbocycles. The van der Waals surface area contributed by atoms with Crippen molar-refractivity contribution in [2.24, 2.45) is 0 Å². The molecule has 0 unspecified atom stereocenters. The van der Waals surface area contributed by atoms with Gasteiger partial charge in [-0.2, -0.15) is 13.2 Å². The van der Waals surface area contributed by atoms with Crippen molar-refractivity contribution in [2.45, 2.75) is 28.8 Å². The van der Waals surface area contributed by atoms with Gasteiger partial charge in [0.2, 0.25) is 9.84 Å². The number of aromatic nitrogens is 2. The van der Waals surface area contributed by atoms with Gasteiger partial charge in [-0.05, 0) is 54.4 Å². The van der Waals surface area contributed by atoms with Crippen LogP contribution in [0, 0.1) is 5.82 Å². The van der Waals surface area contributed by atoms with Crippen LogP contribution in [0.1, 0.15) is 27.9 Å². The van der Waals surface area contributed by atoms with Gasteiger partial charge in [0.15, 0.2) is 5.78 Å². The lowest BCUT2D eigenvalue weighted by atomic mass is 10.0. The molecule has 5 nitrogen and oxygen atoms in total. The Morgan fingerprint density at radius 2 is 1.67 bits per heavy atom. The number of rotatable bonds is 6. The molecule has 0 atom stereocenters. The number of halogens is 4. The van der Waals surface area contributed by atoms with Gasteiger partial charge in [0.05, 0.1) is 15.4 Å². The van der Waals surface area contributed by atoms with Gasteiger partial charge >= 0.3 is 6.18 Å². The Balaban J connectivity index is 1.47. The van der Waals surface area contributed by atoms with Gasteiger partial charge in [0.25, 0.3) is 0 Å². The third kappa shape index (κ3) is 4.65. The van der Waals surface area contributed by atoms with Gasteiger partial charge in [-0.3, -0.25) is 4.79 Å². The number of hydrogen-bond donors (Lipinski definition) is 0. The second-order valence-electron chi connectivity index (χ2n) is 7.32. The summed E-state index contributed by atoms with van der Waals surface area (Å²) in [6, 6.07) is 10.5. The van der Waals surface area contributed by atoms with Crippen LogP contribution in [-0.4, -0.2) is 23.6 Å². The van der Waals surface area contributed by atoms with E-state index in [0.717, 1.165) is 11.7 Å². The molecule has 0 fully saturated rings. The minimum atomic E-state index is -4.92. The molecule has 0 radical (unpaired) electrons. The van der Waals surface area contributed by atoms with Crippen molar-refractivity contribution in [3.8, 4) is 0 Å². The van der Waals surface area contributed by atoms with Crippen LogP contribution >= 0.6 is 0 Å². The number of carbonyl (C=O) groups is 1. The highest BCUT2D eigenvalue weighted by atomic mass is 32.2. The standard InChI is InChI=1S/C23H16F4N2O3S/c24-20-13-18(7-8-19(20)23(25,26)27)33(31,32)17-5-1-15(2-6-17)3-9-21(30)16-4-10-22-28-11-12-29(22)14-16/h1-2,4-8,10-14H,3,9H2. The molecule has 0 N–H and O–H groups in total. The van der Waals surface area contributed by atoms with Crippen molar-refractivity contribution in [1.29, 1.82) is 0 Å². The Kier molecular flexibility index (Phi) is 5.79. The molecule has 4 rings (SSSR count). The molecular formula is C23H16F4N2O3S. The lowest BCUT2D eigenvalue weighted by molar-refractivity contribution is -0.140. The van der Waals surface area contributed by atoms with E-state index in [4.69, 9.17) is 0 Å². The highest BCUT2D eigenvalue weighted by molar-refractivity contribution is 7.91. The molecule has 170 valence electrons. The Labute approximate surface area is 186 Å². The van der Waals surface area contributed by atoms with E-state index in [2.05, 4.69) is 4.98 Å². The Morgan fingerprint density at radius 1 is 0.970 bits per heavy atom. The average Bonchev–Trinajstić information content (AvgIpc) is 3.24. The number of carbonyl (C=O) groups excluding carboxylic acids is 1. The molecule has 0 aliphatic carbocycles. The number of imidazole rings is 1. The summed E-state index contributed by atoms with van der Waals surface area (Å²) in [4.78, 5) is 15.8. The molecule has 2 aromatic heterocycles. The number of fused-ring (bicyclic) bond motifs is 1. The van der Waals surface area contributed by atoms with Crippen molar-refractivity contribution in [2.75, 3.05) is 0 Å². The summed E-state index contributed by atoms with van der Waals surface area (Å²) in [6.07, 6.45) is 0.665. The van der Waals surface area contributed by atoms with Crippen molar-refractivity contribution >= 4 is 21.3 Å². The van der Waals surface area contributed by atoms with Crippen molar-refractivity contribution in [3.63, 3.8) is 0 Å². The first kappa shape index (κ1) is 22.7. The number of Topliss-reactive ketones (excluding diaryl/α,β-unsaturated/α-hetero) is 1. The fraction of sp³-hybridized carbons (Fsp3) is 0.130. The highest BCUT2D eigenvalue weighted by Gasteiger charge is 2.34. The number of sulfone groups is 1. The fourth-order valence-corrected chi connectivity index (χ4v) is 4.62. The van der Waals surface area contributed by atoms with Gasteiger partial charge in [-0.25, -0.2) is 17.8 Å². The molecule has 4 aromatic rings. The summed E-state index contributed by atoms with van der Waals surface area (Å²) in [5, 5.41) is 0. The van der Waals surface area contributed by atoms with E-state index in [9.17, 15) is 30.8 Å². The molecule has 0 aliphatic rings. The number of alkyl halides is 3. The third-order valence-electron chi connectivity index (χ3n) is 5.14. The molecule has 0 amide bonds. The Morgan fingerprint density at radius 3 is 2.33 bits per heavy atom. The highest BCUT2D eigenvalue weighted by Crippen LogP contribution is 2.33. The number of pyridine rings is 1. The minimum Gasteiger partial charge on any atom is -0.306 e. The quantitative estimate of drug-likeness (QED) is 0.286. The Bertz CT molecular complexity index is 1440. The SMILES string of the molecule is O=C(CCc1ccc(S(=O)(=O)c2ccc(C(F)(F)F)c(F)c2)cc1)c1ccc2nccn2c1. The van der Waals surface area contributed by atoms with E-state index < -0.39 is 32.3 Å². The van der Waals surface area contributed by atoms with Crippen LogP contribution in [0.4, 0.5) is 17.6 Å². The zero-order valence-corrected chi connectivity index (χ0v) is 17.7. The maximum Gasteiger partial charge on any atom is 0.419 e. The lowest BCUT2D eigenvalue weighted by Gasteiger charge is -2.10. The van der Waals surface area contributed by atoms with Crippen LogP contribution in [0.3, 0.4) is 0 Å². The zero-order valence-electron chi connectivity index (χ0n) is 16.9. The smallest absolute Gasteiger partial charge is 0.306 e. The van der Waals surface area contributed by atoms with Gasteiger partial charge in [0.1, 0.15) is 11.5 Å². The van der Waals surface area contributed by atoms with Crippen LogP contribution in [0.15, 0.2) is 83.0 Å². The topological polar surface area (TPSA) is 68.5 Å². The Hall–Kier alpha value is -3.53. The molecule has 2 heterocycles. The second kappa shape index (κ2) is 8.43. The summed E-state index contributed by atoms with van der Waals surface area (Å²) >= 11 is 0. The van der Waals surface area contributed by atoms with Crippen molar-refractivity contribution in [3.05, 3.63) is 95.7 Å². The molecule has 0 saturated carbocycles. The van der Waals surface area contributed by atoms with Crippen molar-refractivity contribution < 1.29 is 30.8 Å².